The first kappa shape index (κ1) is 19.1. The van der Waals surface area contributed by atoms with Gasteiger partial charge in [-0.2, -0.15) is 9.97 Å². The number of carbonyl (C=O) groups is 2. The van der Waals surface area contributed by atoms with Gasteiger partial charge in [-0.3, -0.25) is 9.59 Å². The molecule has 2 aromatic rings. The van der Waals surface area contributed by atoms with Crippen molar-refractivity contribution in [2.24, 2.45) is 0 Å². The molecule has 10 heteroatoms. The van der Waals surface area contributed by atoms with E-state index in [1.165, 1.54) is 12.1 Å². The number of nitrogen functional groups attached to an aromatic ring is 1. The molecule has 0 radical (unpaired) electrons. The van der Waals surface area contributed by atoms with Gasteiger partial charge < -0.3 is 26.0 Å². The summed E-state index contributed by atoms with van der Waals surface area (Å²) in [6.45, 7) is 4.03. The van der Waals surface area contributed by atoms with Gasteiger partial charge in [0.25, 0.3) is 0 Å². The maximum atomic E-state index is 14.1. The Labute approximate surface area is 166 Å². The highest BCUT2D eigenvalue weighted by molar-refractivity contribution is 6.05. The minimum Gasteiger partial charge on any atom is -0.383 e. The second-order valence-corrected chi connectivity index (χ2v) is 7.05. The third-order valence-corrected chi connectivity index (χ3v) is 4.95. The van der Waals surface area contributed by atoms with Gasteiger partial charge in [0.05, 0.1) is 30.4 Å². The third kappa shape index (κ3) is 3.83. The number of amides is 2. The van der Waals surface area contributed by atoms with Gasteiger partial charge in [0.1, 0.15) is 17.5 Å². The number of nitrogens with two attached hydrogens (primary N) is 1. The van der Waals surface area contributed by atoms with Crippen LogP contribution in [0.25, 0.3) is 0 Å². The van der Waals surface area contributed by atoms with E-state index >= 15 is 0 Å². The van der Waals surface area contributed by atoms with Gasteiger partial charge >= 0.3 is 0 Å². The molecule has 0 saturated carbocycles. The zero-order valence-corrected chi connectivity index (χ0v) is 15.9. The molecular formula is C19H21FN6O3. The van der Waals surface area contributed by atoms with Crippen molar-refractivity contribution in [3.05, 3.63) is 35.1 Å². The SMILES string of the molecule is Cc1ccc(NC(=O)[C@@H]2CC(=O)Nc3nc(N4CCOCC4)nc(N)c32)c(F)c1. The van der Waals surface area contributed by atoms with E-state index in [1.807, 2.05) is 4.90 Å². The normalized spacial score (nSPS) is 18.8. The average Bonchev–Trinajstić information content (AvgIpc) is 2.69. The lowest BCUT2D eigenvalue weighted by Crippen LogP contribution is -2.38. The molecule has 4 rings (SSSR count). The summed E-state index contributed by atoms with van der Waals surface area (Å²) in [5.74, 6) is -1.69. The molecule has 9 nitrogen and oxygen atoms in total. The molecule has 2 aliphatic heterocycles. The van der Waals surface area contributed by atoms with Crippen LogP contribution in [-0.4, -0.2) is 48.1 Å². The number of nitrogens with zero attached hydrogens (tertiary/aromatic N) is 3. The second-order valence-electron chi connectivity index (χ2n) is 7.05. The van der Waals surface area contributed by atoms with E-state index in [9.17, 15) is 14.0 Å². The zero-order chi connectivity index (χ0) is 20.5. The highest BCUT2D eigenvalue weighted by atomic mass is 19.1. The molecule has 152 valence electrons. The van der Waals surface area contributed by atoms with Crippen LogP contribution in [0, 0.1) is 12.7 Å². The molecule has 1 aromatic heterocycles. The lowest BCUT2D eigenvalue weighted by atomic mass is 9.91. The fraction of sp³-hybridized carbons (Fsp3) is 0.368. The molecule has 4 N–H and O–H groups in total. The van der Waals surface area contributed by atoms with Gasteiger partial charge in [0.15, 0.2) is 0 Å². The highest BCUT2D eigenvalue weighted by Crippen LogP contribution is 2.36. The minimum absolute atomic E-state index is 0.0394. The van der Waals surface area contributed by atoms with E-state index < -0.39 is 17.6 Å². The largest absolute Gasteiger partial charge is 0.383 e. The number of aryl methyl sites for hydroxylation is 1. The molecule has 3 heterocycles. The van der Waals surface area contributed by atoms with Crippen LogP contribution < -0.4 is 21.3 Å². The number of anilines is 4. The van der Waals surface area contributed by atoms with E-state index in [0.29, 0.717) is 37.8 Å². The van der Waals surface area contributed by atoms with Gasteiger partial charge in [0.2, 0.25) is 17.8 Å². The number of benzene rings is 1. The standard InChI is InChI=1S/C19H21FN6O3/c1-10-2-3-13(12(20)8-10)22-18(28)11-9-14(27)23-17-15(11)16(21)24-19(25-17)26-4-6-29-7-5-26/h2-3,8,11H,4-7,9H2,1H3,(H,22,28)(H3,21,23,24,25,27)/t11-/m1/s1. The molecule has 2 aliphatic rings. The minimum atomic E-state index is -0.918. The first-order valence-electron chi connectivity index (χ1n) is 9.29. The summed E-state index contributed by atoms with van der Waals surface area (Å²) in [5, 5.41) is 5.21. The molecule has 0 unspecified atom stereocenters. The Morgan fingerprint density at radius 3 is 2.83 bits per heavy atom. The summed E-state index contributed by atoms with van der Waals surface area (Å²) in [5.41, 5.74) is 7.26. The number of fused-ring (bicyclic) bond motifs is 1. The summed E-state index contributed by atoms with van der Waals surface area (Å²) in [6.07, 6.45) is -0.128. The van der Waals surface area contributed by atoms with Crippen molar-refractivity contribution in [3.8, 4) is 0 Å². The Hall–Kier alpha value is -3.27. The van der Waals surface area contributed by atoms with E-state index in [2.05, 4.69) is 20.6 Å². The number of hydrogen-bond acceptors (Lipinski definition) is 7. The van der Waals surface area contributed by atoms with Crippen LogP contribution in [0.3, 0.4) is 0 Å². The van der Waals surface area contributed by atoms with Crippen molar-refractivity contribution >= 4 is 35.1 Å². The smallest absolute Gasteiger partial charge is 0.232 e. The van der Waals surface area contributed by atoms with E-state index in [-0.39, 0.29) is 29.7 Å². The van der Waals surface area contributed by atoms with Crippen molar-refractivity contribution in [1.29, 1.82) is 0 Å². The fourth-order valence-corrected chi connectivity index (χ4v) is 3.45. The lowest BCUT2D eigenvalue weighted by Gasteiger charge is -2.30. The Kier molecular flexibility index (Phi) is 5.01. The van der Waals surface area contributed by atoms with Gasteiger partial charge in [-0.05, 0) is 24.6 Å². The first-order chi connectivity index (χ1) is 13.9. The summed E-state index contributed by atoms with van der Waals surface area (Å²) in [6, 6.07) is 4.49. The summed E-state index contributed by atoms with van der Waals surface area (Å²) >= 11 is 0. The van der Waals surface area contributed by atoms with Crippen molar-refractivity contribution in [3.63, 3.8) is 0 Å². The predicted molar refractivity (Wildman–Crippen MR) is 105 cm³/mol. The van der Waals surface area contributed by atoms with Crippen LogP contribution in [-0.2, 0) is 14.3 Å². The monoisotopic (exact) mass is 400 g/mol. The van der Waals surface area contributed by atoms with Crippen molar-refractivity contribution in [1.82, 2.24) is 9.97 Å². The molecule has 1 fully saturated rings. The quantitative estimate of drug-likeness (QED) is 0.712. The second kappa shape index (κ2) is 7.63. The van der Waals surface area contributed by atoms with Crippen LogP contribution >= 0.6 is 0 Å². The van der Waals surface area contributed by atoms with E-state index in [4.69, 9.17) is 10.5 Å². The van der Waals surface area contributed by atoms with Gasteiger partial charge in [-0.15, -0.1) is 0 Å². The van der Waals surface area contributed by atoms with Crippen LogP contribution in [0.4, 0.5) is 27.7 Å². The number of aromatic nitrogens is 2. The Morgan fingerprint density at radius 1 is 1.34 bits per heavy atom. The van der Waals surface area contributed by atoms with Gasteiger partial charge in [-0.25, -0.2) is 4.39 Å². The third-order valence-electron chi connectivity index (χ3n) is 4.95. The molecule has 1 saturated heterocycles. The zero-order valence-electron chi connectivity index (χ0n) is 15.9. The van der Waals surface area contributed by atoms with E-state index in [1.54, 1.807) is 13.0 Å². The summed E-state index contributed by atoms with van der Waals surface area (Å²) < 4.78 is 19.5. The average molecular weight is 400 g/mol. The number of ether oxygens (including phenoxy) is 1. The maximum Gasteiger partial charge on any atom is 0.232 e. The summed E-state index contributed by atoms with van der Waals surface area (Å²) in [7, 11) is 0. The number of hydrogen-bond donors (Lipinski definition) is 3. The van der Waals surface area contributed by atoms with Crippen molar-refractivity contribution < 1.29 is 18.7 Å². The van der Waals surface area contributed by atoms with Crippen LogP contribution in [0.1, 0.15) is 23.5 Å². The number of carbonyl (C=O) groups excluding carboxylic acids is 2. The number of rotatable bonds is 3. The van der Waals surface area contributed by atoms with Crippen LogP contribution in [0.15, 0.2) is 18.2 Å². The maximum absolute atomic E-state index is 14.1. The van der Waals surface area contributed by atoms with E-state index in [0.717, 1.165) is 5.56 Å². The highest BCUT2D eigenvalue weighted by Gasteiger charge is 2.35. The van der Waals surface area contributed by atoms with Crippen LogP contribution in [0.2, 0.25) is 0 Å². The molecule has 0 aliphatic carbocycles. The molecule has 1 atom stereocenters. The molecule has 2 amide bonds. The van der Waals surface area contributed by atoms with Crippen molar-refractivity contribution in [2.75, 3.05) is 47.6 Å². The Balaban J connectivity index is 1.64. The number of halogens is 1. The van der Waals surface area contributed by atoms with Crippen molar-refractivity contribution in [2.45, 2.75) is 19.3 Å². The topological polar surface area (TPSA) is 122 Å². The molecule has 0 bridgehead atoms. The molecule has 29 heavy (non-hydrogen) atoms. The lowest BCUT2D eigenvalue weighted by molar-refractivity contribution is -0.123. The predicted octanol–water partition coefficient (Wildman–Crippen LogP) is 1.41. The summed E-state index contributed by atoms with van der Waals surface area (Å²) in [4.78, 5) is 35.7. The Bertz CT molecular complexity index is 977. The molecule has 0 spiro atoms. The fourth-order valence-electron chi connectivity index (χ4n) is 3.45. The number of morpholine rings is 1. The molecular weight excluding hydrogens is 379 g/mol. The van der Waals surface area contributed by atoms with Gasteiger partial charge in [-0.1, -0.05) is 6.07 Å². The first-order valence-corrected chi connectivity index (χ1v) is 9.29. The molecule has 1 aromatic carbocycles. The number of nitrogens with one attached hydrogen (secondary N) is 2. The van der Waals surface area contributed by atoms with Gasteiger partial charge in [0, 0.05) is 19.5 Å². The Morgan fingerprint density at radius 2 is 2.10 bits per heavy atom. The van der Waals surface area contributed by atoms with Crippen LogP contribution in [0.5, 0.6) is 0 Å².